The van der Waals surface area contributed by atoms with E-state index in [1.165, 1.54) is 17.5 Å². The summed E-state index contributed by atoms with van der Waals surface area (Å²) < 4.78 is 0. The number of fused-ring (bicyclic) bond motifs is 2. The van der Waals surface area contributed by atoms with Crippen molar-refractivity contribution in [2.75, 3.05) is 10.8 Å². The van der Waals surface area contributed by atoms with Gasteiger partial charge in [-0.05, 0) is 66.8 Å². The number of rotatable bonds is 4. The molecule has 4 nitrogen and oxygen atoms in total. The first kappa shape index (κ1) is 17.1. The summed E-state index contributed by atoms with van der Waals surface area (Å²) in [6, 6.07) is 10.5. The Balaban J connectivity index is 1.72. The molecular weight excluding hydrogens is 346 g/mol. The van der Waals surface area contributed by atoms with E-state index in [1.807, 2.05) is 6.07 Å². The zero-order chi connectivity index (χ0) is 18.1. The van der Waals surface area contributed by atoms with Crippen LogP contribution in [-0.2, 0) is 37.0 Å². The Morgan fingerprint density at radius 1 is 1.12 bits per heavy atom. The average Bonchev–Trinajstić information content (AvgIpc) is 3.32. The number of alkyl halides is 1. The van der Waals surface area contributed by atoms with Crippen LogP contribution in [0.15, 0.2) is 24.3 Å². The van der Waals surface area contributed by atoms with Crippen LogP contribution in [0.1, 0.15) is 46.4 Å². The first-order valence-corrected chi connectivity index (χ1v) is 9.63. The van der Waals surface area contributed by atoms with Crippen molar-refractivity contribution in [3.63, 3.8) is 0 Å². The standard InChI is InChI=1S/C21H20ClN3O/c22-11-20(26)25(13-14-7-8-15-3-1-4-16(15)9-14)21-18(12-23)10-17-5-2-6-19(17)24-21/h7-10H,1-6,11,13H2. The van der Waals surface area contributed by atoms with Crippen LogP contribution in [0.3, 0.4) is 0 Å². The normalized spacial score (nSPS) is 14.6. The number of nitrogens with zero attached hydrogens (tertiary/aromatic N) is 3. The number of carbonyl (C=O) groups is 1. The number of anilines is 1. The number of carbonyl (C=O) groups excluding carboxylic acids is 1. The van der Waals surface area contributed by atoms with Gasteiger partial charge in [0, 0.05) is 5.69 Å². The van der Waals surface area contributed by atoms with Gasteiger partial charge in [0.1, 0.15) is 11.9 Å². The predicted octanol–water partition coefficient (Wildman–Crippen LogP) is 3.70. The third kappa shape index (κ3) is 3.08. The Morgan fingerprint density at radius 3 is 2.69 bits per heavy atom. The van der Waals surface area contributed by atoms with Gasteiger partial charge in [-0.1, -0.05) is 18.2 Å². The molecule has 0 saturated heterocycles. The summed E-state index contributed by atoms with van der Waals surface area (Å²) in [6.45, 7) is 0.388. The summed E-state index contributed by atoms with van der Waals surface area (Å²) in [6.07, 6.45) is 6.30. The van der Waals surface area contributed by atoms with Crippen LogP contribution >= 0.6 is 11.6 Å². The molecule has 1 aromatic heterocycles. The minimum atomic E-state index is -0.228. The average molecular weight is 366 g/mol. The van der Waals surface area contributed by atoms with E-state index in [2.05, 4.69) is 29.3 Å². The van der Waals surface area contributed by atoms with Crippen molar-refractivity contribution in [1.82, 2.24) is 4.98 Å². The molecule has 5 heteroatoms. The van der Waals surface area contributed by atoms with Crippen LogP contribution in [-0.4, -0.2) is 16.8 Å². The number of benzene rings is 1. The molecule has 1 amide bonds. The number of hydrogen-bond donors (Lipinski definition) is 0. The smallest absolute Gasteiger partial charge is 0.243 e. The number of halogens is 1. The number of nitriles is 1. The lowest BCUT2D eigenvalue weighted by Crippen LogP contribution is -2.33. The van der Waals surface area contributed by atoms with Crippen LogP contribution in [0.5, 0.6) is 0 Å². The van der Waals surface area contributed by atoms with Crippen LogP contribution in [0, 0.1) is 11.3 Å². The molecule has 2 aliphatic rings. The number of amides is 1. The van der Waals surface area contributed by atoms with Gasteiger partial charge in [-0.25, -0.2) is 4.98 Å². The van der Waals surface area contributed by atoms with Gasteiger partial charge in [-0.3, -0.25) is 9.69 Å². The fraction of sp³-hybridized carbons (Fsp3) is 0.381. The van der Waals surface area contributed by atoms with E-state index in [4.69, 9.17) is 11.6 Å². The number of aromatic nitrogens is 1. The third-order valence-electron chi connectivity index (χ3n) is 5.33. The van der Waals surface area contributed by atoms with Crippen molar-refractivity contribution in [3.05, 3.63) is 57.8 Å². The molecule has 4 rings (SSSR count). The Kier molecular flexibility index (Phi) is 4.65. The molecule has 0 radical (unpaired) electrons. The quantitative estimate of drug-likeness (QED) is 0.776. The molecule has 0 N–H and O–H groups in total. The maximum absolute atomic E-state index is 12.6. The lowest BCUT2D eigenvalue weighted by molar-refractivity contribution is -0.116. The highest BCUT2D eigenvalue weighted by molar-refractivity contribution is 6.29. The van der Waals surface area contributed by atoms with Crippen LogP contribution < -0.4 is 4.90 Å². The molecule has 2 aliphatic carbocycles. The zero-order valence-electron chi connectivity index (χ0n) is 14.6. The highest BCUT2D eigenvalue weighted by Gasteiger charge is 2.24. The largest absolute Gasteiger partial charge is 0.290 e. The summed E-state index contributed by atoms with van der Waals surface area (Å²) in [7, 11) is 0. The second kappa shape index (κ2) is 7.09. The van der Waals surface area contributed by atoms with Gasteiger partial charge < -0.3 is 0 Å². The van der Waals surface area contributed by atoms with Crippen molar-refractivity contribution in [1.29, 1.82) is 5.26 Å². The molecule has 1 aromatic carbocycles. The second-order valence-corrected chi connectivity index (χ2v) is 7.27. The van der Waals surface area contributed by atoms with Crippen LogP contribution in [0.4, 0.5) is 5.82 Å². The predicted molar refractivity (Wildman–Crippen MR) is 101 cm³/mol. The Morgan fingerprint density at radius 2 is 1.88 bits per heavy atom. The van der Waals surface area contributed by atoms with Crippen LogP contribution in [0.25, 0.3) is 0 Å². The fourth-order valence-corrected chi connectivity index (χ4v) is 4.15. The van der Waals surface area contributed by atoms with Gasteiger partial charge in [-0.15, -0.1) is 11.6 Å². The van der Waals surface area contributed by atoms with Crippen LogP contribution in [0.2, 0.25) is 0 Å². The molecule has 0 atom stereocenters. The summed E-state index contributed by atoms with van der Waals surface area (Å²) in [5.74, 6) is 0.0857. The lowest BCUT2D eigenvalue weighted by atomic mass is 10.1. The zero-order valence-corrected chi connectivity index (χ0v) is 15.4. The summed E-state index contributed by atoms with van der Waals surface area (Å²) in [5, 5.41) is 9.59. The monoisotopic (exact) mass is 365 g/mol. The van der Waals surface area contributed by atoms with Gasteiger partial charge in [0.15, 0.2) is 5.82 Å². The summed E-state index contributed by atoms with van der Waals surface area (Å²) in [5.41, 5.74) is 6.39. The molecular formula is C21H20ClN3O. The van der Waals surface area contributed by atoms with Crippen molar-refractivity contribution in [3.8, 4) is 6.07 Å². The Hall–Kier alpha value is -2.38. The third-order valence-corrected chi connectivity index (χ3v) is 5.55. The molecule has 132 valence electrons. The van der Waals surface area contributed by atoms with Crippen molar-refractivity contribution in [2.45, 2.75) is 45.1 Å². The fourth-order valence-electron chi connectivity index (χ4n) is 4.01. The Labute approximate surface area is 158 Å². The van der Waals surface area contributed by atoms with Gasteiger partial charge in [0.2, 0.25) is 5.91 Å². The SMILES string of the molecule is N#Cc1cc2c(nc1N(Cc1ccc3c(c1)CCC3)C(=O)CCl)CCC2. The van der Waals surface area contributed by atoms with Crippen molar-refractivity contribution < 1.29 is 4.79 Å². The lowest BCUT2D eigenvalue weighted by Gasteiger charge is -2.23. The van der Waals surface area contributed by atoms with E-state index < -0.39 is 0 Å². The van der Waals surface area contributed by atoms with E-state index in [-0.39, 0.29) is 11.8 Å². The van der Waals surface area contributed by atoms with E-state index in [9.17, 15) is 10.1 Å². The number of aryl methyl sites for hydroxylation is 4. The molecule has 0 spiro atoms. The number of hydrogen-bond acceptors (Lipinski definition) is 3. The van der Waals surface area contributed by atoms with E-state index in [0.29, 0.717) is 17.9 Å². The molecule has 2 aromatic rings. The minimum Gasteiger partial charge on any atom is -0.290 e. The van der Waals surface area contributed by atoms with Gasteiger partial charge >= 0.3 is 0 Å². The maximum atomic E-state index is 12.6. The molecule has 0 fully saturated rings. The topological polar surface area (TPSA) is 57.0 Å². The second-order valence-electron chi connectivity index (χ2n) is 7.00. The maximum Gasteiger partial charge on any atom is 0.243 e. The van der Waals surface area contributed by atoms with E-state index in [0.717, 1.165) is 48.9 Å². The van der Waals surface area contributed by atoms with Crippen molar-refractivity contribution >= 4 is 23.3 Å². The molecule has 1 heterocycles. The van der Waals surface area contributed by atoms with Crippen molar-refractivity contribution in [2.24, 2.45) is 0 Å². The van der Waals surface area contributed by atoms with E-state index >= 15 is 0 Å². The highest BCUT2D eigenvalue weighted by Crippen LogP contribution is 2.29. The Bertz CT molecular complexity index is 916. The molecule has 0 aliphatic heterocycles. The van der Waals surface area contributed by atoms with Gasteiger partial charge in [-0.2, -0.15) is 5.26 Å². The first-order chi connectivity index (χ1) is 12.7. The van der Waals surface area contributed by atoms with E-state index in [1.54, 1.807) is 4.90 Å². The molecule has 0 unspecified atom stereocenters. The molecule has 26 heavy (non-hydrogen) atoms. The summed E-state index contributed by atoms with van der Waals surface area (Å²) >= 11 is 5.87. The minimum absolute atomic E-state index is 0.130. The highest BCUT2D eigenvalue weighted by atomic mass is 35.5. The molecule has 0 bridgehead atoms. The van der Waals surface area contributed by atoms with Gasteiger partial charge in [0.25, 0.3) is 0 Å². The number of pyridine rings is 1. The summed E-state index contributed by atoms with van der Waals surface area (Å²) in [4.78, 5) is 18.8. The molecule has 0 saturated carbocycles. The van der Waals surface area contributed by atoms with Gasteiger partial charge in [0.05, 0.1) is 12.1 Å². The first-order valence-electron chi connectivity index (χ1n) is 9.09.